The van der Waals surface area contributed by atoms with E-state index in [1.165, 1.54) is 5.69 Å². The third-order valence-electron chi connectivity index (χ3n) is 2.74. The first kappa shape index (κ1) is 12.8. The number of anilines is 1. The van der Waals surface area contributed by atoms with Gasteiger partial charge in [-0.2, -0.15) is 0 Å². The van der Waals surface area contributed by atoms with E-state index < -0.39 is 0 Å². The highest BCUT2D eigenvalue weighted by atomic mass is 16.5. The van der Waals surface area contributed by atoms with Crippen LogP contribution >= 0.6 is 0 Å². The number of methoxy groups -OCH3 is 1. The molecule has 2 N–H and O–H groups in total. The molecule has 0 saturated carbocycles. The van der Waals surface area contributed by atoms with Crippen LogP contribution in [0.5, 0.6) is 5.75 Å². The zero-order valence-corrected chi connectivity index (χ0v) is 10.7. The van der Waals surface area contributed by atoms with Crippen molar-refractivity contribution >= 4 is 5.69 Å². The van der Waals surface area contributed by atoms with E-state index >= 15 is 0 Å². The number of nitrogens with two attached hydrogens (primary N) is 1. The Morgan fingerprint density at radius 2 is 2.12 bits per heavy atom. The standard InChI is InChI=1S/C13H22N2O/c1-10-9-12(5-6-13(10)16-4)15(3)8-7-11(2)14/h5-6,9,11H,7-8,14H2,1-4H3. The molecule has 3 nitrogen and oxygen atoms in total. The Morgan fingerprint density at radius 1 is 1.44 bits per heavy atom. The predicted octanol–water partition coefficient (Wildman–Crippen LogP) is 2.18. The first-order valence-electron chi connectivity index (χ1n) is 5.66. The van der Waals surface area contributed by atoms with Crippen LogP contribution in [0.3, 0.4) is 0 Å². The van der Waals surface area contributed by atoms with Gasteiger partial charge in [0.25, 0.3) is 0 Å². The van der Waals surface area contributed by atoms with Crippen molar-refractivity contribution in [2.24, 2.45) is 5.73 Å². The van der Waals surface area contributed by atoms with Gasteiger partial charge in [0.15, 0.2) is 0 Å². The van der Waals surface area contributed by atoms with Crippen LogP contribution in [-0.4, -0.2) is 26.7 Å². The van der Waals surface area contributed by atoms with Crippen LogP contribution in [0.4, 0.5) is 5.69 Å². The Hall–Kier alpha value is -1.22. The van der Waals surface area contributed by atoms with E-state index in [2.05, 4.69) is 31.0 Å². The quantitative estimate of drug-likeness (QED) is 0.830. The minimum absolute atomic E-state index is 0.252. The molecule has 1 rings (SSSR count). The molecule has 0 amide bonds. The van der Waals surface area contributed by atoms with Gasteiger partial charge in [0.1, 0.15) is 5.75 Å². The maximum atomic E-state index is 5.75. The van der Waals surface area contributed by atoms with Crippen LogP contribution in [0.15, 0.2) is 18.2 Å². The van der Waals surface area contributed by atoms with Crippen LogP contribution in [0.25, 0.3) is 0 Å². The molecule has 0 saturated heterocycles. The lowest BCUT2D eigenvalue weighted by atomic mass is 10.1. The van der Waals surface area contributed by atoms with Crippen molar-refractivity contribution in [2.75, 3.05) is 25.6 Å². The largest absolute Gasteiger partial charge is 0.496 e. The number of hydrogen-bond donors (Lipinski definition) is 1. The molecule has 1 aromatic carbocycles. The summed E-state index contributed by atoms with van der Waals surface area (Å²) in [5.41, 5.74) is 8.11. The zero-order chi connectivity index (χ0) is 12.1. The number of rotatable bonds is 5. The van der Waals surface area contributed by atoms with E-state index in [1.54, 1.807) is 7.11 Å². The lowest BCUT2D eigenvalue weighted by Gasteiger charge is -2.21. The summed E-state index contributed by atoms with van der Waals surface area (Å²) in [7, 11) is 3.78. The topological polar surface area (TPSA) is 38.5 Å². The van der Waals surface area contributed by atoms with E-state index in [4.69, 9.17) is 10.5 Å². The van der Waals surface area contributed by atoms with Crippen LogP contribution in [0.1, 0.15) is 18.9 Å². The van der Waals surface area contributed by atoms with Crippen LogP contribution in [0.2, 0.25) is 0 Å². The lowest BCUT2D eigenvalue weighted by molar-refractivity contribution is 0.411. The van der Waals surface area contributed by atoms with Crippen molar-refractivity contribution in [1.82, 2.24) is 0 Å². The summed E-state index contributed by atoms with van der Waals surface area (Å²) in [5, 5.41) is 0. The van der Waals surface area contributed by atoms with Crippen LogP contribution < -0.4 is 15.4 Å². The fraction of sp³-hybridized carbons (Fsp3) is 0.538. The molecule has 1 atom stereocenters. The molecule has 3 heteroatoms. The summed E-state index contributed by atoms with van der Waals surface area (Å²) in [5.74, 6) is 0.935. The molecule has 0 bridgehead atoms. The van der Waals surface area contributed by atoms with Crippen molar-refractivity contribution in [1.29, 1.82) is 0 Å². The van der Waals surface area contributed by atoms with Crippen molar-refractivity contribution in [3.8, 4) is 5.75 Å². The molecule has 0 radical (unpaired) electrons. The van der Waals surface area contributed by atoms with E-state index in [-0.39, 0.29) is 6.04 Å². The fourth-order valence-corrected chi connectivity index (χ4v) is 1.63. The summed E-state index contributed by atoms with van der Waals surface area (Å²) in [6.45, 7) is 5.07. The predicted molar refractivity (Wildman–Crippen MR) is 69.3 cm³/mol. The third kappa shape index (κ3) is 3.42. The Morgan fingerprint density at radius 3 is 2.62 bits per heavy atom. The molecule has 1 aromatic rings. The van der Waals surface area contributed by atoms with Gasteiger partial charge in [0.2, 0.25) is 0 Å². The molecule has 0 aliphatic carbocycles. The summed E-state index contributed by atoms with van der Waals surface area (Å²) in [4.78, 5) is 2.22. The summed E-state index contributed by atoms with van der Waals surface area (Å²) < 4.78 is 5.24. The van der Waals surface area contributed by atoms with Crippen molar-refractivity contribution < 1.29 is 4.74 Å². The second-order valence-corrected chi connectivity index (χ2v) is 4.34. The molecular formula is C13H22N2O. The SMILES string of the molecule is COc1ccc(N(C)CCC(C)N)cc1C. The maximum Gasteiger partial charge on any atom is 0.121 e. The lowest BCUT2D eigenvalue weighted by Crippen LogP contribution is -2.25. The van der Waals surface area contributed by atoms with Gasteiger partial charge in [-0.3, -0.25) is 0 Å². The highest BCUT2D eigenvalue weighted by Gasteiger charge is 2.05. The minimum atomic E-state index is 0.252. The van der Waals surface area contributed by atoms with Gasteiger partial charge in [-0.15, -0.1) is 0 Å². The van der Waals surface area contributed by atoms with E-state index in [0.29, 0.717) is 0 Å². The number of benzene rings is 1. The summed E-state index contributed by atoms with van der Waals surface area (Å²) >= 11 is 0. The molecule has 90 valence electrons. The third-order valence-corrected chi connectivity index (χ3v) is 2.74. The molecule has 0 aliphatic heterocycles. The van der Waals surface area contributed by atoms with Crippen LogP contribution in [-0.2, 0) is 0 Å². The zero-order valence-electron chi connectivity index (χ0n) is 10.7. The Labute approximate surface area is 98.2 Å². The smallest absolute Gasteiger partial charge is 0.121 e. The summed E-state index contributed by atoms with van der Waals surface area (Å²) in [6, 6.07) is 6.47. The van der Waals surface area contributed by atoms with Crippen molar-refractivity contribution in [3.63, 3.8) is 0 Å². The Bertz CT molecular complexity index is 337. The normalized spacial score (nSPS) is 12.3. The second kappa shape index (κ2) is 5.75. The molecule has 0 aliphatic rings. The van der Waals surface area contributed by atoms with E-state index in [0.717, 1.165) is 24.3 Å². The molecule has 0 aromatic heterocycles. The Balaban J connectivity index is 2.69. The highest BCUT2D eigenvalue weighted by molar-refractivity contribution is 5.52. The first-order valence-corrected chi connectivity index (χ1v) is 5.66. The number of nitrogens with zero attached hydrogens (tertiary/aromatic N) is 1. The molecule has 0 spiro atoms. The second-order valence-electron chi connectivity index (χ2n) is 4.34. The molecule has 0 heterocycles. The van der Waals surface area contributed by atoms with Gasteiger partial charge in [-0.25, -0.2) is 0 Å². The minimum Gasteiger partial charge on any atom is -0.496 e. The average Bonchev–Trinajstić information content (AvgIpc) is 2.25. The van der Waals surface area contributed by atoms with E-state index in [1.807, 2.05) is 13.0 Å². The number of ether oxygens (including phenoxy) is 1. The van der Waals surface area contributed by atoms with Gasteiger partial charge in [0.05, 0.1) is 7.11 Å². The number of aryl methyl sites for hydroxylation is 1. The first-order chi connectivity index (χ1) is 7.54. The molecule has 1 unspecified atom stereocenters. The average molecular weight is 222 g/mol. The number of hydrogen-bond acceptors (Lipinski definition) is 3. The van der Waals surface area contributed by atoms with Gasteiger partial charge in [0, 0.05) is 25.3 Å². The monoisotopic (exact) mass is 222 g/mol. The van der Waals surface area contributed by atoms with E-state index in [9.17, 15) is 0 Å². The van der Waals surface area contributed by atoms with Crippen molar-refractivity contribution in [3.05, 3.63) is 23.8 Å². The maximum absolute atomic E-state index is 5.75. The molecule has 0 fully saturated rings. The highest BCUT2D eigenvalue weighted by Crippen LogP contribution is 2.23. The van der Waals surface area contributed by atoms with Crippen molar-refractivity contribution in [2.45, 2.75) is 26.3 Å². The van der Waals surface area contributed by atoms with Gasteiger partial charge in [-0.05, 0) is 44.0 Å². The Kier molecular flexibility index (Phi) is 4.62. The van der Waals surface area contributed by atoms with Gasteiger partial charge >= 0.3 is 0 Å². The van der Waals surface area contributed by atoms with Gasteiger partial charge < -0.3 is 15.4 Å². The summed E-state index contributed by atoms with van der Waals surface area (Å²) in [6.07, 6.45) is 1.00. The molecule has 16 heavy (non-hydrogen) atoms. The van der Waals surface area contributed by atoms with Gasteiger partial charge in [-0.1, -0.05) is 0 Å². The van der Waals surface area contributed by atoms with Crippen LogP contribution in [0, 0.1) is 6.92 Å². The molecular weight excluding hydrogens is 200 g/mol. The fourth-order valence-electron chi connectivity index (χ4n) is 1.63.